The zero-order chi connectivity index (χ0) is 88.0. The SMILES string of the molecule is Cc1c(-c2cccc(CCC(=O)NCCCCCCCC(=O)N[C@H](CCC(=O)NC[C@H](O)[C@@H](O)[C@H](O)[C@H](O)CO)C(=O)N[C@H](CCC(=O)O)C(=O)N[C@H](CCC(=O)NC[C@H](O)[C@@H](O)[C@H](O)[C@H](O)CO)C(=O)NCC[C@H](N)C(=O)N[C@@H](CC(=O)O)C(=O)N[C@@H](CS)C(=O)O)c2)c(=O)n(C[C@@H](N)c2ccccc2)c(=O)n1Cc1c(F)cccc1F. The highest BCUT2D eigenvalue weighted by molar-refractivity contribution is 7.80. The number of nitrogens with two attached hydrogens (primary N) is 2. The first kappa shape index (κ1) is 100. The van der Waals surface area contributed by atoms with Crippen molar-refractivity contribution in [2.45, 2.75) is 214 Å². The molecule has 0 saturated carbocycles. The van der Waals surface area contributed by atoms with E-state index in [9.17, 15) is 123 Å². The fourth-order valence-electron chi connectivity index (χ4n) is 11.9. The second kappa shape index (κ2) is 51.1. The van der Waals surface area contributed by atoms with Gasteiger partial charge in [-0.1, -0.05) is 79.9 Å². The molecule has 1 aromatic heterocycles. The monoisotopic (exact) mass is 1690 g/mol. The molecule has 0 fully saturated rings. The molecule has 0 spiro atoms. The highest BCUT2D eigenvalue weighted by Crippen LogP contribution is 2.24. The van der Waals surface area contributed by atoms with Gasteiger partial charge in [-0.15, -0.1) is 0 Å². The molecule has 0 saturated heterocycles. The number of unbranched alkanes of at least 4 members (excludes halogenated alkanes) is 4. The number of rotatable bonds is 55. The average molecular weight is 1690 g/mol. The van der Waals surface area contributed by atoms with Gasteiger partial charge in [0.2, 0.25) is 53.2 Å². The average Bonchev–Trinajstić information content (AvgIpc) is 0.759. The van der Waals surface area contributed by atoms with Crippen LogP contribution in [0.1, 0.15) is 125 Å². The Hall–Kier alpha value is -10.3. The van der Waals surface area contributed by atoms with Crippen molar-refractivity contribution in [3.05, 3.63) is 128 Å². The standard InChI is InChI=1S/C75H107F2N13O27S/c1-39-63(73(114)90(35-47(79)41-13-6-5-7-14-41)75(117)89(39)34-43-44(76)16-11-17-45(43)77)42-15-10-12-40(30-42)19-23-57(97)80-28-9-4-2-3-8-18-60(100)84-49(21-25-59(99)83-33-54(94)65(106)67(108)56(96)37-92)70(111)86-50(22-26-61(101)102)71(112)85-48(20-24-58(98)82-32-53(93)64(105)66(107)55(95)36-91)69(110)81-29-27-46(78)68(109)87-51(31-62(103)104)72(113)88-52(38-118)74(115)116/h5-7,10-17,30,46-56,64-67,91-96,105-108,118H,2-4,8-9,18-29,31-38,78-79H2,1H3,(H,80,97)(H,81,110)(H,82,98)(H,83,99)(H,84,100)(H,85,112)(H,86,111)(H,87,109)(H,88,113)(H,101,102)(H,103,104)(H,115,116)/t46-,47+,48+,49+,50+,51-,52-,53-,54-,55+,56+,64+,65+,66+,67+/m0/s1. The number of aliphatic hydroxyl groups is 10. The number of amides is 9. The van der Waals surface area contributed by atoms with Crippen LogP contribution in [0.5, 0.6) is 0 Å². The Morgan fingerprint density at radius 3 is 1.52 bits per heavy atom. The first-order chi connectivity index (χ1) is 55.8. The van der Waals surface area contributed by atoms with Crippen molar-refractivity contribution in [2.75, 3.05) is 45.1 Å². The van der Waals surface area contributed by atoms with Gasteiger partial charge in [0.05, 0.1) is 56.5 Å². The van der Waals surface area contributed by atoms with Gasteiger partial charge < -0.3 is 126 Å². The Morgan fingerprint density at radius 2 is 0.975 bits per heavy atom. The summed E-state index contributed by atoms with van der Waals surface area (Å²) in [6.45, 7) is -3.30. The number of halogens is 2. The molecule has 9 amide bonds. The number of aliphatic carboxylic acids is 3. The molecular formula is C75H107F2N13O27S. The first-order valence-electron chi connectivity index (χ1n) is 37.8. The third-order valence-electron chi connectivity index (χ3n) is 18.9. The molecule has 4 aromatic rings. The summed E-state index contributed by atoms with van der Waals surface area (Å²) in [6.07, 6.45) is -19.9. The number of benzene rings is 3. The molecule has 118 heavy (non-hydrogen) atoms. The zero-order valence-electron chi connectivity index (χ0n) is 64.5. The summed E-state index contributed by atoms with van der Waals surface area (Å²) in [5, 5.41) is 148. The molecule has 0 bridgehead atoms. The molecule has 0 aliphatic heterocycles. The molecule has 4 rings (SSSR count). The van der Waals surface area contributed by atoms with Gasteiger partial charge in [0.25, 0.3) is 5.56 Å². The number of hydrogen-bond donors (Lipinski definition) is 25. The highest BCUT2D eigenvalue weighted by Gasteiger charge is 2.36. The lowest BCUT2D eigenvalue weighted by Gasteiger charge is -2.26. The number of aliphatic hydroxyl groups excluding tert-OH is 10. The molecule has 0 aliphatic carbocycles. The van der Waals surface area contributed by atoms with Gasteiger partial charge in [0.1, 0.15) is 78.5 Å². The normalized spacial score (nSPS) is 15.2. The summed E-state index contributed by atoms with van der Waals surface area (Å²) < 4.78 is 32.1. The van der Waals surface area contributed by atoms with Gasteiger partial charge in [-0.3, -0.25) is 66.7 Å². The maximum Gasteiger partial charge on any atom is 0.331 e. The van der Waals surface area contributed by atoms with Crippen molar-refractivity contribution in [3.63, 3.8) is 0 Å². The Morgan fingerprint density at radius 1 is 0.483 bits per heavy atom. The maximum atomic E-state index is 15.1. The van der Waals surface area contributed by atoms with Crippen molar-refractivity contribution in [2.24, 2.45) is 11.5 Å². The summed E-state index contributed by atoms with van der Waals surface area (Å²) in [6, 6.07) is 7.18. The predicted molar refractivity (Wildman–Crippen MR) is 416 cm³/mol. The van der Waals surface area contributed by atoms with Crippen molar-refractivity contribution in [1.82, 2.24) is 57.0 Å². The third kappa shape index (κ3) is 33.2. The quantitative estimate of drug-likeness (QED) is 0.0144. The maximum absolute atomic E-state index is 15.1. The number of carbonyl (C=O) groups is 12. The van der Waals surface area contributed by atoms with Crippen LogP contribution in [-0.2, 0) is 77.0 Å². The Balaban J connectivity index is 1.47. The third-order valence-corrected chi connectivity index (χ3v) is 19.2. The van der Waals surface area contributed by atoms with Gasteiger partial charge >= 0.3 is 23.6 Å². The van der Waals surface area contributed by atoms with Crippen LogP contribution in [0.3, 0.4) is 0 Å². The van der Waals surface area contributed by atoms with E-state index in [0.29, 0.717) is 42.4 Å². The van der Waals surface area contributed by atoms with Gasteiger partial charge in [-0.25, -0.2) is 18.4 Å². The van der Waals surface area contributed by atoms with E-state index in [0.717, 1.165) is 21.3 Å². The number of aromatic nitrogens is 2. The van der Waals surface area contributed by atoms with E-state index in [1.165, 1.54) is 13.0 Å². The number of nitrogens with zero attached hydrogens (tertiary/aromatic N) is 2. The molecule has 40 nitrogen and oxygen atoms in total. The highest BCUT2D eigenvalue weighted by atomic mass is 32.1. The number of aryl methyl sites for hydroxylation is 1. The Labute approximate surface area is 680 Å². The molecule has 0 unspecified atom stereocenters. The Bertz CT molecular complexity index is 4130. The fraction of sp³-hybridized carbons (Fsp3) is 0.547. The minimum atomic E-state index is -2.13. The molecule has 15 atom stereocenters. The van der Waals surface area contributed by atoms with Crippen LogP contribution >= 0.6 is 12.6 Å². The summed E-state index contributed by atoms with van der Waals surface area (Å²) in [4.78, 5) is 185. The van der Waals surface area contributed by atoms with Gasteiger partial charge in [0, 0.05) is 81.3 Å². The van der Waals surface area contributed by atoms with E-state index in [1.54, 1.807) is 54.6 Å². The molecule has 0 aliphatic rings. The number of nitrogens with one attached hydrogen (secondary N) is 9. The van der Waals surface area contributed by atoms with Crippen LogP contribution < -0.4 is 70.6 Å². The molecular weight excluding hydrogens is 1580 g/mol. The van der Waals surface area contributed by atoms with Crippen molar-refractivity contribution in [3.8, 4) is 11.1 Å². The van der Waals surface area contributed by atoms with Crippen LogP contribution in [0.4, 0.5) is 8.78 Å². The number of thiol groups is 1. The lowest BCUT2D eigenvalue weighted by Crippen LogP contribution is -2.57. The van der Waals surface area contributed by atoms with Crippen molar-refractivity contribution >= 4 is 83.7 Å². The molecule has 43 heteroatoms. The summed E-state index contributed by atoms with van der Waals surface area (Å²) >= 11 is 3.82. The van der Waals surface area contributed by atoms with Crippen LogP contribution in [0, 0.1) is 18.6 Å². The number of hydrogen-bond acceptors (Lipinski definition) is 27. The lowest BCUT2D eigenvalue weighted by molar-refractivity contribution is -0.143. The summed E-state index contributed by atoms with van der Waals surface area (Å²) in [7, 11) is 0. The van der Waals surface area contributed by atoms with Gasteiger partial charge in [0.15, 0.2) is 0 Å². The van der Waals surface area contributed by atoms with E-state index in [1.807, 2.05) is 5.32 Å². The second-order valence-corrected chi connectivity index (χ2v) is 28.3. The first-order valence-corrected chi connectivity index (χ1v) is 38.4. The van der Waals surface area contributed by atoms with E-state index in [2.05, 4.69) is 55.2 Å². The lowest BCUT2D eigenvalue weighted by atomic mass is 10.00. The van der Waals surface area contributed by atoms with Crippen molar-refractivity contribution in [1.29, 1.82) is 0 Å². The topological polar surface area (TPSA) is 672 Å². The minimum absolute atomic E-state index is 0.00761. The van der Waals surface area contributed by atoms with Crippen LogP contribution in [-0.4, -0.2) is 277 Å². The number of carboxylic acid groups (broad SMARTS) is 3. The molecule has 1 heterocycles. The number of carboxylic acids is 3. The van der Waals surface area contributed by atoms with E-state index < -0.39 is 281 Å². The van der Waals surface area contributed by atoms with Gasteiger partial charge in [-0.2, -0.15) is 12.6 Å². The van der Waals surface area contributed by atoms with Crippen LogP contribution in [0.25, 0.3) is 11.1 Å². The molecule has 0 radical (unpaired) electrons. The van der Waals surface area contributed by atoms with Crippen LogP contribution in [0.15, 0.2) is 82.4 Å². The molecule has 3 aromatic carbocycles. The summed E-state index contributed by atoms with van der Waals surface area (Å²) in [5.74, 6) is -16.1. The predicted octanol–water partition coefficient (Wildman–Crippen LogP) is -6.32. The fourth-order valence-corrected chi connectivity index (χ4v) is 12.1. The molecule has 26 N–H and O–H groups in total. The minimum Gasteiger partial charge on any atom is -0.481 e. The van der Waals surface area contributed by atoms with E-state index >= 15 is 8.78 Å². The molecule has 654 valence electrons. The van der Waals surface area contributed by atoms with E-state index in [-0.39, 0.29) is 55.9 Å². The van der Waals surface area contributed by atoms with Gasteiger partial charge in [-0.05, 0) is 80.7 Å². The zero-order valence-corrected chi connectivity index (χ0v) is 65.4. The summed E-state index contributed by atoms with van der Waals surface area (Å²) in [5.41, 5.74) is 12.4. The smallest absolute Gasteiger partial charge is 0.331 e. The second-order valence-electron chi connectivity index (χ2n) is 27.9. The largest absolute Gasteiger partial charge is 0.481 e. The van der Waals surface area contributed by atoms with Crippen molar-refractivity contribution < 1.29 is 133 Å². The van der Waals surface area contributed by atoms with E-state index in [4.69, 9.17) is 21.7 Å². The number of carbonyl (C=O) groups excluding carboxylic acids is 9. The Kier molecular flexibility index (Phi) is 43.4. The van der Waals surface area contributed by atoms with Crippen LogP contribution in [0.2, 0.25) is 0 Å².